The van der Waals surface area contributed by atoms with Gasteiger partial charge in [0.05, 0.1) is 12.7 Å². The summed E-state index contributed by atoms with van der Waals surface area (Å²) in [7, 11) is 1.75. The molecule has 1 aromatic carbocycles. The van der Waals surface area contributed by atoms with E-state index in [1.807, 2.05) is 32.9 Å². The standard InChI is InChI=1S/C24H35N5O3.HI/c1-16-6-8-17(9-7-16)20-14-26-21(31-20)15-27-22(25-5)28-18-10-12-19(13-11-18)29-23(30)32-24(2,3)4;/h6-9,14,18-19H,10-13,15H2,1-5H3,(H,29,30)(H2,25,27,28);1H. The predicted molar refractivity (Wildman–Crippen MR) is 141 cm³/mol. The van der Waals surface area contributed by atoms with Crippen molar-refractivity contribution in [2.24, 2.45) is 4.99 Å². The number of nitrogens with one attached hydrogen (secondary N) is 3. The van der Waals surface area contributed by atoms with Crippen LogP contribution in [-0.4, -0.2) is 41.8 Å². The minimum Gasteiger partial charge on any atom is -0.444 e. The van der Waals surface area contributed by atoms with Gasteiger partial charge in [-0.05, 0) is 53.4 Å². The van der Waals surface area contributed by atoms with E-state index in [1.165, 1.54) is 5.56 Å². The van der Waals surface area contributed by atoms with E-state index >= 15 is 0 Å². The van der Waals surface area contributed by atoms with Gasteiger partial charge < -0.3 is 25.1 Å². The Kier molecular flexibility index (Phi) is 10.00. The van der Waals surface area contributed by atoms with Gasteiger partial charge in [-0.2, -0.15) is 0 Å². The highest BCUT2D eigenvalue weighted by Gasteiger charge is 2.25. The molecule has 0 radical (unpaired) electrons. The van der Waals surface area contributed by atoms with E-state index in [2.05, 4.69) is 45.0 Å². The third-order valence-electron chi connectivity index (χ3n) is 5.31. The molecule has 2 aromatic rings. The monoisotopic (exact) mass is 569 g/mol. The second kappa shape index (κ2) is 12.2. The van der Waals surface area contributed by atoms with Crippen molar-refractivity contribution in [3.63, 3.8) is 0 Å². The van der Waals surface area contributed by atoms with E-state index in [-0.39, 0.29) is 36.1 Å². The summed E-state index contributed by atoms with van der Waals surface area (Å²) in [5, 5.41) is 9.70. The number of ether oxygens (including phenoxy) is 1. The summed E-state index contributed by atoms with van der Waals surface area (Å²) >= 11 is 0. The number of carbonyl (C=O) groups is 1. The molecule has 1 aromatic heterocycles. The van der Waals surface area contributed by atoms with Gasteiger partial charge in [-0.1, -0.05) is 29.8 Å². The molecule has 0 atom stereocenters. The molecule has 1 heterocycles. The molecule has 1 aliphatic carbocycles. The minimum atomic E-state index is -0.481. The zero-order valence-electron chi connectivity index (χ0n) is 20.1. The van der Waals surface area contributed by atoms with Crippen LogP contribution in [0, 0.1) is 6.92 Å². The number of oxazole rings is 1. The Balaban J connectivity index is 0.00000385. The summed E-state index contributed by atoms with van der Waals surface area (Å²) in [6.07, 6.45) is 5.08. The summed E-state index contributed by atoms with van der Waals surface area (Å²) in [6.45, 7) is 8.11. The van der Waals surface area contributed by atoms with Crippen molar-refractivity contribution in [3.05, 3.63) is 41.9 Å². The maximum atomic E-state index is 12.0. The van der Waals surface area contributed by atoms with Crippen LogP contribution in [-0.2, 0) is 11.3 Å². The van der Waals surface area contributed by atoms with Crippen molar-refractivity contribution in [1.29, 1.82) is 0 Å². The average molecular weight is 569 g/mol. The number of aliphatic imine (C=N–C) groups is 1. The highest BCUT2D eigenvalue weighted by molar-refractivity contribution is 14.0. The maximum absolute atomic E-state index is 12.0. The van der Waals surface area contributed by atoms with Crippen LogP contribution in [0.5, 0.6) is 0 Å². The lowest BCUT2D eigenvalue weighted by atomic mass is 9.91. The molecule has 33 heavy (non-hydrogen) atoms. The number of alkyl carbamates (subject to hydrolysis) is 1. The number of carbonyl (C=O) groups excluding carboxylic acids is 1. The summed E-state index contributed by atoms with van der Waals surface area (Å²) in [5.41, 5.74) is 1.73. The first-order chi connectivity index (χ1) is 15.2. The number of hydrogen-bond donors (Lipinski definition) is 3. The molecular weight excluding hydrogens is 533 g/mol. The number of nitrogens with zero attached hydrogens (tertiary/aromatic N) is 2. The molecular formula is C24H36IN5O3. The molecule has 3 N–H and O–H groups in total. The van der Waals surface area contributed by atoms with Gasteiger partial charge in [0.2, 0.25) is 5.89 Å². The van der Waals surface area contributed by atoms with Crippen LogP contribution in [0.3, 0.4) is 0 Å². The Morgan fingerprint density at radius 2 is 1.73 bits per heavy atom. The van der Waals surface area contributed by atoms with Crippen LogP contribution in [0.4, 0.5) is 4.79 Å². The van der Waals surface area contributed by atoms with E-state index in [0.29, 0.717) is 24.4 Å². The lowest BCUT2D eigenvalue weighted by molar-refractivity contribution is 0.0490. The normalized spacial score (nSPS) is 18.8. The van der Waals surface area contributed by atoms with Crippen molar-refractivity contribution in [3.8, 4) is 11.3 Å². The molecule has 3 rings (SSSR count). The molecule has 0 unspecified atom stereocenters. The van der Waals surface area contributed by atoms with E-state index < -0.39 is 5.60 Å². The third-order valence-corrected chi connectivity index (χ3v) is 5.31. The molecule has 1 aliphatic rings. The van der Waals surface area contributed by atoms with Crippen LogP contribution in [0.15, 0.2) is 39.9 Å². The Morgan fingerprint density at radius 1 is 1.12 bits per heavy atom. The number of hydrogen-bond acceptors (Lipinski definition) is 5. The van der Waals surface area contributed by atoms with Gasteiger partial charge in [-0.15, -0.1) is 24.0 Å². The summed E-state index contributed by atoms with van der Waals surface area (Å²) in [6, 6.07) is 8.61. The summed E-state index contributed by atoms with van der Waals surface area (Å²) in [5.74, 6) is 2.07. The largest absolute Gasteiger partial charge is 0.444 e. The minimum absolute atomic E-state index is 0. The summed E-state index contributed by atoms with van der Waals surface area (Å²) < 4.78 is 11.2. The van der Waals surface area contributed by atoms with Crippen LogP contribution in [0.2, 0.25) is 0 Å². The Bertz CT molecular complexity index is 913. The van der Waals surface area contributed by atoms with Gasteiger partial charge in [0.25, 0.3) is 0 Å². The molecule has 0 aliphatic heterocycles. The molecule has 0 spiro atoms. The van der Waals surface area contributed by atoms with E-state index in [9.17, 15) is 4.79 Å². The lowest BCUT2D eigenvalue weighted by Crippen LogP contribution is -2.47. The maximum Gasteiger partial charge on any atom is 0.407 e. The van der Waals surface area contributed by atoms with Gasteiger partial charge in [0.1, 0.15) is 5.60 Å². The predicted octanol–water partition coefficient (Wildman–Crippen LogP) is 4.77. The molecule has 0 bridgehead atoms. The van der Waals surface area contributed by atoms with Gasteiger partial charge in [-0.3, -0.25) is 4.99 Å². The Labute approximate surface area is 213 Å². The first-order valence-electron chi connectivity index (χ1n) is 11.2. The van der Waals surface area contributed by atoms with Crippen molar-refractivity contribution in [2.75, 3.05) is 7.05 Å². The number of aromatic nitrogens is 1. The number of rotatable bonds is 5. The average Bonchev–Trinajstić information content (AvgIpc) is 3.20. The lowest BCUT2D eigenvalue weighted by Gasteiger charge is -2.31. The highest BCUT2D eigenvalue weighted by atomic mass is 127. The highest BCUT2D eigenvalue weighted by Crippen LogP contribution is 2.21. The SMILES string of the molecule is CN=C(NCc1ncc(-c2ccc(C)cc2)o1)NC1CCC(NC(=O)OC(C)(C)C)CC1.I. The van der Waals surface area contributed by atoms with Crippen molar-refractivity contribution < 1.29 is 13.9 Å². The van der Waals surface area contributed by atoms with Gasteiger partial charge in [0.15, 0.2) is 11.7 Å². The van der Waals surface area contributed by atoms with Gasteiger partial charge in [0, 0.05) is 24.7 Å². The number of amides is 1. The van der Waals surface area contributed by atoms with E-state index in [1.54, 1.807) is 13.2 Å². The van der Waals surface area contributed by atoms with Crippen molar-refractivity contribution >= 4 is 36.0 Å². The quantitative estimate of drug-likeness (QED) is 0.273. The van der Waals surface area contributed by atoms with Crippen molar-refractivity contribution in [2.45, 2.75) is 77.6 Å². The fourth-order valence-electron chi connectivity index (χ4n) is 3.65. The molecule has 1 amide bonds. The fourth-order valence-corrected chi connectivity index (χ4v) is 3.65. The Hall–Kier alpha value is -2.30. The molecule has 182 valence electrons. The molecule has 9 heteroatoms. The zero-order valence-corrected chi connectivity index (χ0v) is 22.4. The number of benzene rings is 1. The second-order valence-electron chi connectivity index (χ2n) is 9.25. The van der Waals surface area contributed by atoms with Crippen LogP contribution >= 0.6 is 24.0 Å². The smallest absolute Gasteiger partial charge is 0.407 e. The Morgan fingerprint density at radius 3 is 2.30 bits per heavy atom. The number of aryl methyl sites for hydroxylation is 1. The zero-order chi connectivity index (χ0) is 23.1. The molecule has 0 saturated heterocycles. The third kappa shape index (κ3) is 8.87. The summed E-state index contributed by atoms with van der Waals surface area (Å²) in [4.78, 5) is 20.6. The molecule has 8 nitrogen and oxygen atoms in total. The van der Waals surface area contributed by atoms with Gasteiger partial charge >= 0.3 is 6.09 Å². The van der Waals surface area contributed by atoms with Crippen LogP contribution in [0.1, 0.15) is 57.9 Å². The first-order valence-corrected chi connectivity index (χ1v) is 11.2. The van der Waals surface area contributed by atoms with Gasteiger partial charge in [-0.25, -0.2) is 9.78 Å². The fraction of sp³-hybridized carbons (Fsp3) is 0.542. The van der Waals surface area contributed by atoms with E-state index in [4.69, 9.17) is 9.15 Å². The van der Waals surface area contributed by atoms with Crippen LogP contribution in [0.25, 0.3) is 11.3 Å². The first kappa shape index (κ1) is 26.9. The second-order valence-corrected chi connectivity index (χ2v) is 9.25. The molecule has 1 fully saturated rings. The van der Waals surface area contributed by atoms with Crippen LogP contribution < -0.4 is 16.0 Å². The molecule has 1 saturated carbocycles. The number of guanidine groups is 1. The topological polar surface area (TPSA) is 101 Å². The van der Waals surface area contributed by atoms with E-state index in [0.717, 1.165) is 37.0 Å². The van der Waals surface area contributed by atoms with Crippen molar-refractivity contribution in [1.82, 2.24) is 20.9 Å². The number of halogens is 1.